The molecule has 12 heavy (non-hydrogen) atoms. The van der Waals surface area contributed by atoms with E-state index < -0.39 is 0 Å². The molecule has 1 unspecified atom stereocenters. The minimum atomic E-state index is 0.398. The molecule has 0 saturated heterocycles. The van der Waals surface area contributed by atoms with Gasteiger partial charge in [-0.1, -0.05) is 30.3 Å². The fourth-order valence-electron chi connectivity index (χ4n) is 1.16. The number of hydrogen-bond donors (Lipinski definition) is 2. The quantitative estimate of drug-likeness (QED) is 0.704. The monoisotopic (exact) mass is 164 g/mol. The topological polar surface area (TPSA) is 38.0 Å². The SMILES string of the molecule is CC(NCCN)c1ccccc1. The molecule has 1 aromatic rings. The first-order valence-electron chi connectivity index (χ1n) is 4.33. The molecule has 1 rings (SSSR count). The summed E-state index contributed by atoms with van der Waals surface area (Å²) in [5.74, 6) is 0. The van der Waals surface area contributed by atoms with Gasteiger partial charge in [0.25, 0.3) is 0 Å². The zero-order chi connectivity index (χ0) is 8.81. The minimum absolute atomic E-state index is 0.398. The molecule has 0 aliphatic heterocycles. The van der Waals surface area contributed by atoms with Crippen molar-refractivity contribution in [1.82, 2.24) is 5.32 Å². The number of benzene rings is 1. The lowest BCUT2D eigenvalue weighted by Crippen LogP contribution is -2.25. The summed E-state index contributed by atoms with van der Waals surface area (Å²) in [5, 5.41) is 3.32. The second-order valence-electron chi connectivity index (χ2n) is 2.88. The van der Waals surface area contributed by atoms with Crippen molar-refractivity contribution in [3.05, 3.63) is 35.9 Å². The smallest absolute Gasteiger partial charge is 0.0292 e. The molecule has 2 nitrogen and oxygen atoms in total. The molecule has 0 bridgehead atoms. The van der Waals surface area contributed by atoms with Crippen LogP contribution in [0.2, 0.25) is 0 Å². The maximum absolute atomic E-state index is 5.39. The van der Waals surface area contributed by atoms with E-state index in [0.717, 1.165) is 6.54 Å². The Labute approximate surface area is 73.8 Å². The molecule has 0 spiro atoms. The molecule has 1 atom stereocenters. The lowest BCUT2D eigenvalue weighted by Gasteiger charge is -2.12. The van der Waals surface area contributed by atoms with Crippen molar-refractivity contribution in [1.29, 1.82) is 0 Å². The van der Waals surface area contributed by atoms with E-state index in [0.29, 0.717) is 12.6 Å². The van der Waals surface area contributed by atoms with Crippen LogP contribution in [0.3, 0.4) is 0 Å². The van der Waals surface area contributed by atoms with Crippen molar-refractivity contribution in [2.45, 2.75) is 13.0 Å². The molecule has 0 amide bonds. The van der Waals surface area contributed by atoms with Crippen LogP contribution in [0.15, 0.2) is 30.3 Å². The third-order valence-electron chi connectivity index (χ3n) is 1.89. The highest BCUT2D eigenvalue weighted by molar-refractivity contribution is 5.17. The second-order valence-corrected chi connectivity index (χ2v) is 2.88. The van der Waals surface area contributed by atoms with Crippen LogP contribution in [0, 0.1) is 0 Å². The lowest BCUT2D eigenvalue weighted by molar-refractivity contribution is 0.582. The first kappa shape index (κ1) is 9.23. The Morgan fingerprint density at radius 1 is 1.33 bits per heavy atom. The summed E-state index contributed by atoms with van der Waals surface area (Å²) in [7, 11) is 0. The summed E-state index contributed by atoms with van der Waals surface area (Å²) in [6.07, 6.45) is 0. The molecule has 0 aliphatic carbocycles. The highest BCUT2D eigenvalue weighted by Gasteiger charge is 2.00. The van der Waals surface area contributed by atoms with E-state index in [1.165, 1.54) is 5.56 Å². The molecule has 0 aromatic heterocycles. The van der Waals surface area contributed by atoms with Gasteiger partial charge in [0, 0.05) is 19.1 Å². The highest BCUT2D eigenvalue weighted by Crippen LogP contribution is 2.09. The zero-order valence-corrected chi connectivity index (χ0v) is 7.46. The molecule has 1 aromatic carbocycles. The Bertz CT molecular complexity index is 208. The van der Waals surface area contributed by atoms with Crippen molar-refractivity contribution >= 4 is 0 Å². The number of nitrogens with two attached hydrogens (primary N) is 1. The van der Waals surface area contributed by atoms with Gasteiger partial charge in [0.1, 0.15) is 0 Å². The minimum Gasteiger partial charge on any atom is -0.329 e. The fourth-order valence-corrected chi connectivity index (χ4v) is 1.16. The van der Waals surface area contributed by atoms with Crippen LogP contribution in [0.1, 0.15) is 18.5 Å². The Balaban J connectivity index is 2.48. The van der Waals surface area contributed by atoms with Gasteiger partial charge >= 0.3 is 0 Å². The maximum atomic E-state index is 5.39. The molecule has 0 fully saturated rings. The number of hydrogen-bond acceptors (Lipinski definition) is 2. The predicted octanol–water partition coefficient (Wildman–Crippen LogP) is 1.30. The second kappa shape index (κ2) is 4.91. The molecule has 66 valence electrons. The van der Waals surface area contributed by atoms with E-state index in [2.05, 4.69) is 36.5 Å². The molecule has 0 heterocycles. The van der Waals surface area contributed by atoms with Gasteiger partial charge in [-0.15, -0.1) is 0 Å². The Hall–Kier alpha value is -0.860. The number of rotatable bonds is 4. The van der Waals surface area contributed by atoms with Gasteiger partial charge in [0.15, 0.2) is 0 Å². The van der Waals surface area contributed by atoms with Crippen LogP contribution in [0.4, 0.5) is 0 Å². The van der Waals surface area contributed by atoms with Gasteiger partial charge in [0.2, 0.25) is 0 Å². The van der Waals surface area contributed by atoms with E-state index in [1.54, 1.807) is 0 Å². The highest BCUT2D eigenvalue weighted by atomic mass is 14.9. The summed E-state index contributed by atoms with van der Waals surface area (Å²) in [4.78, 5) is 0. The first-order valence-corrected chi connectivity index (χ1v) is 4.33. The third kappa shape index (κ3) is 2.64. The summed E-state index contributed by atoms with van der Waals surface area (Å²) >= 11 is 0. The van der Waals surface area contributed by atoms with Gasteiger partial charge < -0.3 is 11.1 Å². The first-order chi connectivity index (χ1) is 5.84. The van der Waals surface area contributed by atoms with Gasteiger partial charge in [-0.25, -0.2) is 0 Å². The van der Waals surface area contributed by atoms with Crippen LogP contribution in [-0.4, -0.2) is 13.1 Å². The normalized spacial score (nSPS) is 12.8. The standard InChI is InChI=1S/C10H16N2/c1-9(12-8-7-11)10-5-3-2-4-6-10/h2-6,9,12H,7-8,11H2,1H3. The molecule has 0 saturated carbocycles. The van der Waals surface area contributed by atoms with Crippen molar-refractivity contribution in [2.75, 3.05) is 13.1 Å². The van der Waals surface area contributed by atoms with Gasteiger partial charge in [-0.2, -0.15) is 0 Å². The van der Waals surface area contributed by atoms with Crippen LogP contribution in [0.5, 0.6) is 0 Å². The number of nitrogens with one attached hydrogen (secondary N) is 1. The Kier molecular flexibility index (Phi) is 3.77. The summed E-state index contributed by atoms with van der Waals surface area (Å²) in [6, 6.07) is 10.8. The third-order valence-corrected chi connectivity index (χ3v) is 1.89. The maximum Gasteiger partial charge on any atom is 0.0292 e. The molecule has 2 heteroatoms. The molecular formula is C10H16N2. The van der Waals surface area contributed by atoms with Crippen molar-refractivity contribution in [3.8, 4) is 0 Å². The molecule has 0 aliphatic rings. The van der Waals surface area contributed by atoms with E-state index in [1.807, 2.05) is 6.07 Å². The van der Waals surface area contributed by atoms with E-state index in [4.69, 9.17) is 5.73 Å². The fraction of sp³-hybridized carbons (Fsp3) is 0.400. The molecule has 0 radical (unpaired) electrons. The average Bonchev–Trinajstić information content (AvgIpc) is 2.15. The van der Waals surface area contributed by atoms with Crippen LogP contribution < -0.4 is 11.1 Å². The van der Waals surface area contributed by atoms with Crippen molar-refractivity contribution in [3.63, 3.8) is 0 Å². The lowest BCUT2D eigenvalue weighted by atomic mass is 10.1. The summed E-state index contributed by atoms with van der Waals surface area (Å²) in [5.41, 5.74) is 6.70. The van der Waals surface area contributed by atoms with E-state index in [9.17, 15) is 0 Å². The van der Waals surface area contributed by atoms with Crippen molar-refractivity contribution in [2.24, 2.45) is 5.73 Å². The summed E-state index contributed by atoms with van der Waals surface area (Å²) < 4.78 is 0. The van der Waals surface area contributed by atoms with Gasteiger partial charge in [-0.3, -0.25) is 0 Å². The zero-order valence-electron chi connectivity index (χ0n) is 7.46. The molecule has 3 N–H and O–H groups in total. The molecular weight excluding hydrogens is 148 g/mol. The Morgan fingerprint density at radius 2 is 2.00 bits per heavy atom. The predicted molar refractivity (Wildman–Crippen MR) is 51.9 cm³/mol. The van der Waals surface area contributed by atoms with E-state index >= 15 is 0 Å². The largest absolute Gasteiger partial charge is 0.329 e. The average molecular weight is 164 g/mol. The van der Waals surface area contributed by atoms with Crippen LogP contribution >= 0.6 is 0 Å². The van der Waals surface area contributed by atoms with Crippen LogP contribution in [-0.2, 0) is 0 Å². The van der Waals surface area contributed by atoms with Gasteiger partial charge in [-0.05, 0) is 12.5 Å². The van der Waals surface area contributed by atoms with Gasteiger partial charge in [0.05, 0.1) is 0 Å². The van der Waals surface area contributed by atoms with E-state index in [-0.39, 0.29) is 0 Å². The Morgan fingerprint density at radius 3 is 2.58 bits per heavy atom. The van der Waals surface area contributed by atoms with Crippen LogP contribution in [0.25, 0.3) is 0 Å². The summed E-state index contributed by atoms with van der Waals surface area (Å²) in [6.45, 7) is 3.71. The van der Waals surface area contributed by atoms with Crippen molar-refractivity contribution < 1.29 is 0 Å².